The van der Waals surface area contributed by atoms with Crippen molar-refractivity contribution in [2.75, 3.05) is 32.3 Å². The number of halogens is 4. The van der Waals surface area contributed by atoms with E-state index in [0.717, 1.165) is 29.0 Å². The first kappa shape index (κ1) is 29.0. The molecule has 5 rings (SSSR count). The van der Waals surface area contributed by atoms with Crippen LogP contribution in [0.4, 0.5) is 19.3 Å². The van der Waals surface area contributed by atoms with Gasteiger partial charge in [-0.2, -0.15) is 8.78 Å². The maximum Gasteiger partial charge on any atom is 0.414 e. The first-order valence-corrected chi connectivity index (χ1v) is 13.9. The molecule has 0 saturated carbocycles. The van der Waals surface area contributed by atoms with Crippen LogP contribution in [0.15, 0.2) is 51.0 Å². The molecular formula is C27H23Cl2F2N3O6S. The molecule has 14 heteroatoms. The van der Waals surface area contributed by atoms with Crippen LogP contribution in [0.3, 0.4) is 0 Å². The van der Waals surface area contributed by atoms with Gasteiger partial charge in [0.25, 0.3) is 11.5 Å². The van der Waals surface area contributed by atoms with Gasteiger partial charge >= 0.3 is 11.5 Å². The number of benzene rings is 2. The molecule has 2 aliphatic rings. The number of carbonyl (C=O) groups excluding carboxylic acids is 2. The summed E-state index contributed by atoms with van der Waals surface area (Å²) in [6, 6.07) is 9.26. The Balaban J connectivity index is 1.53. The van der Waals surface area contributed by atoms with Gasteiger partial charge in [0, 0.05) is 24.5 Å². The minimum Gasteiger partial charge on any atom is -0.496 e. The van der Waals surface area contributed by atoms with Crippen molar-refractivity contribution >= 4 is 52.7 Å². The third-order valence-electron chi connectivity index (χ3n) is 6.65. The highest BCUT2D eigenvalue weighted by molar-refractivity contribution is 7.99. The molecule has 1 N–H and O–H groups in total. The Morgan fingerprint density at radius 1 is 1.10 bits per heavy atom. The number of ether oxygens (including phenoxy) is 3. The minimum absolute atomic E-state index is 0.0780. The molecule has 0 unspecified atom stereocenters. The molecule has 9 nitrogen and oxygen atoms in total. The second kappa shape index (κ2) is 11.4. The summed E-state index contributed by atoms with van der Waals surface area (Å²) in [6.07, 6.45) is 0.146. The van der Waals surface area contributed by atoms with Crippen LogP contribution in [0.5, 0.6) is 11.5 Å². The van der Waals surface area contributed by atoms with Crippen molar-refractivity contribution in [1.29, 1.82) is 0 Å². The lowest BCUT2D eigenvalue weighted by Gasteiger charge is -2.28. The maximum absolute atomic E-state index is 14.1. The van der Waals surface area contributed by atoms with E-state index in [1.54, 1.807) is 30.3 Å². The Labute approximate surface area is 247 Å². The van der Waals surface area contributed by atoms with Gasteiger partial charge in [-0.3, -0.25) is 14.5 Å². The first-order valence-electron chi connectivity index (χ1n) is 12.3. The van der Waals surface area contributed by atoms with Crippen LogP contribution in [-0.4, -0.2) is 49.3 Å². The summed E-state index contributed by atoms with van der Waals surface area (Å²) in [5, 5.41) is -3.66. The number of alkyl halides is 3. The SMILES string of the molecule is COc1cc2c(cc1N1CCCOC1=O)CN(C(=O)c1c(Sc3c(Cl)cccc3OC)cc(C(F)(F)Cl)[nH]c1=O)C2. The molecule has 3 aromatic rings. The fraction of sp³-hybridized carbons (Fsp3) is 0.296. The van der Waals surface area contributed by atoms with E-state index in [2.05, 4.69) is 0 Å². The van der Waals surface area contributed by atoms with Crippen molar-refractivity contribution in [1.82, 2.24) is 9.88 Å². The lowest BCUT2D eigenvalue weighted by molar-refractivity contribution is 0.0740. The number of pyridine rings is 1. The standard InChI is InChI=1S/C27H23Cl2F2N3O6S/c1-38-18-6-3-5-16(28)23(18)41-20-11-21(27(29,30)31)32-24(35)22(20)25(36)33-12-14-9-17(19(39-2)10-15(14)13-33)34-7-4-8-40-26(34)37/h3,5-6,9-11H,4,7-8,12-13H2,1-2H3,(H,32,35). The van der Waals surface area contributed by atoms with Crippen LogP contribution < -0.4 is 19.9 Å². The number of amides is 2. The molecule has 0 atom stereocenters. The number of nitrogens with one attached hydrogen (secondary N) is 1. The number of aromatic nitrogens is 1. The van der Waals surface area contributed by atoms with E-state index >= 15 is 0 Å². The number of methoxy groups -OCH3 is 2. The van der Waals surface area contributed by atoms with Crippen LogP contribution in [0.1, 0.15) is 33.6 Å². The summed E-state index contributed by atoms with van der Waals surface area (Å²) < 4.78 is 44.2. The lowest BCUT2D eigenvalue weighted by atomic mass is 10.1. The van der Waals surface area contributed by atoms with E-state index in [9.17, 15) is 23.2 Å². The van der Waals surface area contributed by atoms with Crippen LogP contribution in [0, 0.1) is 0 Å². The Kier molecular flexibility index (Phi) is 8.09. The average molecular weight is 626 g/mol. The Bertz CT molecular complexity index is 1600. The normalized spacial score (nSPS) is 15.0. The third-order valence-corrected chi connectivity index (χ3v) is 8.45. The van der Waals surface area contributed by atoms with E-state index in [-0.39, 0.29) is 28.6 Å². The van der Waals surface area contributed by atoms with Crippen LogP contribution >= 0.6 is 35.0 Å². The second-order valence-corrected chi connectivity index (χ2v) is 11.1. The van der Waals surface area contributed by atoms with Gasteiger partial charge in [-0.1, -0.05) is 29.4 Å². The molecule has 2 aromatic carbocycles. The number of fused-ring (bicyclic) bond motifs is 1. The van der Waals surface area contributed by atoms with Crippen molar-refractivity contribution in [3.8, 4) is 11.5 Å². The Morgan fingerprint density at radius 3 is 2.46 bits per heavy atom. The van der Waals surface area contributed by atoms with Gasteiger partial charge in [-0.05, 0) is 59.5 Å². The van der Waals surface area contributed by atoms with Gasteiger partial charge in [0.05, 0.1) is 36.4 Å². The zero-order valence-corrected chi connectivity index (χ0v) is 24.1. The first-order chi connectivity index (χ1) is 19.5. The topological polar surface area (TPSA) is 101 Å². The number of aromatic amines is 1. The van der Waals surface area contributed by atoms with E-state index in [4.69, 9.17) is 37.4 Å². The molecule has 0 radical (unpaired) electrons. The highest BCUT2D eigenvalue weighted by Gasteiger charge is 2.35. The maximum atomic E-state index is 14.1. The van der Waals surface area contributed by atoms with E-state index in [1.807, 2.05) is 4.98 Å². The van der Waals surface area contributed by atoms with Gasteiger partial charge in [0.15, 0.2) is 0 Å². The van der Waals surface area contributed by atoms with Crippen molar-refractivity contribution in [2.24, 2.45) is 0 Å². The predicted octanol–water partition coefficient (Wildman–Crippen LogP) is 5.99. The Morgan fingerprint density at radius 2 is 1.80 bits per heavy atom. The number of carbonyl (C=O) groups is 2. The average Bonchev–Trinajstić information content (AvgIpc) is 3.36. The number of cyclic esters (lactones) is 1. The molecule has 3 heterocycles. The molecule has 216 valence electrons. The second-order valence-electron chi connectivity index (χ2n) is 9.20. The summed E-state index contributed by atoms with van der Waals surface area (Å²) in [4.78, 5) is 44.5. The number of rotatable bonds is 7. The van der Waals surface area contributed by atoms with Gasteiger partial charge in [0.1, 0.15) is 22.8 Å². The number of anilines is 1. The van der Waals surface area contributed by atoms with Gasteiger partial charge in [-0.15, -0.1) is 0 Å². The van der Waals surface area contributed by atoms with E-state index < -0.39 is 28.6 Å². The van der Waals surface area contributed by atoms with Crippen molar-refractivity contribution in [2.45, 2.75) is 34.7 Å². The Hall–Kier alpha value is -3.48. The summed E-state index contributed by atoms with van der Waals surface area (Å²) in [6.45, 7) is 0.978. The van der Waals surface area contributed by atoms with Gasteiger partial charge in [0.2, 0.25) is 0 Å². The summed E-state index contributed by atoms with van der Waals surface area (Å²) in [5.41, 5.74) is -0.296. The minimum atomic E-state index is -3.90. The molecule has 41 heavy (non-hydrogen) atoms. The number of H-pyrrole nitrogens is 1. The fourth-order valence-electron chi connectivity index (χ4n) is 4.69. The summed E-state index contributed by atoms with van der Waals surface area (Å²) in [5.74, 6) is 0.0496. The molecule has 0 bridgehead atoms. The summed E-state index contributed by atoms with van der Waals surface area (Å²) >= 11 is 12.4. The highest BCUT2D eigenvalue weighted by atomic mass is 35.5. The molecule has 2 aliphatic heterocycles. The van der Waals surface area contributed by atoms with E-state index in [0.29, 0.717) is 41.7 Å². The molecule has 2 amide bonds. The zero-order chi connectivity index (χ0) is 29.5. The highest BCUT2D eigenvalue weighted by Crippen LogP contribution is 2.43. The van der Waals surface area contributed by atoms with Crippen LogP contribution in [-0.2, 0) is 23.2 Å². The van der Waals surface area contributed by atoms with Gasteiger partial charge < -0.3 is 24.1 Å². The molecule has 0 spiro atoms. The fourth-order valence-corrected chi connectivity index (χ4v) is 6.17. The predicted molar refractivity (Wildman–Crippen MR) is 149 cm³/mol. The van der Waals surface area contributed by atoms with Gasteiger partial charge in [-0.25, -0.2) is 4.79 Å². The number of hydrogen-bond donors (Lipinski definition) is 1. The van der Waals surface area contributed by atoms with Crippen molar-refractivity contribution < 1.29 is 32.6 Å². The molecular weight excluding hydrogens is 603 g/mol. The molecule has 1 aromatic heterocycles. The number of hydrogen-bond acceptors (Lipinski definition) is 7. The summed E-state index contributed by atoms with van der Waals surface area (Å²) in [7, 11) is 2.88. The van der Waals surface area contributed by atoms with Crippen molar-refractivity contribution in [3.63, 3.8) is 0 Å². The van der Waals surface area contributed by atoms with E-state index in [1.165, 1.54) is 24.0 Å². The largest absolute Gasteiger partial charge is 0.496 e. The van der Waals surface area contributed by atoms with Crippen LogP contribution in [0.2, 0.25) is 5.02 Å². The quantitative estimate of drug-likeness (QED) is 0.322. The van der Waals surface area contributed by atoms with Crippen LogP contribution in [0.25, 0.3) is 0 Å². The molecule has 1 saturated heterocycles. The van der Waals surface area contributed by atoms with Crippen molar-refractivity contribution in [3.05, 3.63) is 74.2 Å². The lowest BCUT2D eigenvalue weighted by Crippen LogP contribution is -2.38. The zero-order valence-electron chi connectivity index (χ0n) is 21.8. The third kappa shape index (κ3) is 5.68. The smallest absolute Gasteiger partial charge is 0.414 e. The monoisotopic (exact) mass is 625 g/mol. The molecule has 0 aliphatic carbocycles. The number of nitrogens with zero attached hydrogens (tertiary/aromatic N) is 2. The molecule has 1 fully saturated rings.